The molecule has 3 rings (SSSR count). The molecular weight excluding hydrogens is 312 g/mol. The summed E-state index contributed by atoms with van der Waals surface area (Å²) in [6, 6.07) is 3.93. The van der Waals surface area contributed by atoms with Crippen molar-refractivity contribution < 1.29 is 14.6 Å². The van der Waals surface area contributed by atoms with Gasteiger partial charge >= 0.3 is 0 Å². The lowest BCUT2D eigenvalue weighted by molar-refractivity contribution is 0.0380. The third-order valence-corrected chi connectivity index (χ3v) is 5.45. The van der Waals surface area contributed by atoms with Crippen LogP contribution in [0.15, 0.2) is 24.5 Å². The van der Waals surface area contributed by atoms with Crippen molar-refractivity contribution in [2.75, 3.05) is 27.3 Å². The van der Waals surface area contributed by atoms with Gasteiger partial charge in [-0.05, 0) is 37.0 Å². The van der Waals surface area contributed by atoms with Crippen molar-refractivity contribution in [3.63, 3.8) is 0 Å². The number of fused-ring (bicyclic) bond motifs is 1. The molecule has 2 heterocycles. The predicted octanol–water partition coefficient (Wildman–Crippen LogP) is 2.11. The second-order valence-electron chi connectivity index (χ2n) is 5.92. The number of methoxy groups -OCH3 is 1. The molecule has 0 saturated heterocycles. The molecule has 2 aromatic rings. The van der Waals surface area contributed by atoms with Gasteiger partial charge in [0.1, 0.15) is 5.00 Å². The van der Waals surface area contributed by atoms with Crippen LogP contribution in [0.5, 0.6) is 0 Å². The number of thiophene rings is 1. The van der Waals surface area contributed by atoms with E-state index in [1.807, 2.05) is 29.1 Å². The van der Waals surface area contributed by atoms with Crippen molar-refractivity contribution in [1.29, 1.82) is 0 Å². The van der Waals surface area contributed by atoms with Crippen LogP contribution >= 0.6 is 11.3 Å². The van der Waals surface area contributed by atoms with Crippen molar-refractivity contribution in [3.8, 4) is 5.00 Å². The number of carbonyl (C=O) groups is 1. The van der Waals surface area contributed by atoms with E-state index < -0.39 is 6.10 Å². The van der Waals surface area contributed by atoms with Gasteiger partial charge in [0.05, 0.1) is 18.3 Å². The first-order valence-corrected chi connectivity index (χ1v) is 8.63. The molecule has 5 nitrogen and oxygen atoms in total. The molecule has 1 aliphatic carbocycles. The Morgan fingerprint density at radius 3 is 2.87 bits per heavy atom. The van der Waals surface area contributed by atoms with Crippen LogP contribution < -0.4 is 0 Å². The molecule has 0 bridgehead atoms. The minimum absolute atomic E-state index is 0.0248. The van der Waals surface area contributed by atoms with Crippen molar-refractivity contribution in [2.24, 2.45) is 0 Å². The third kappa shape index (κ3) is 3.20. The van der Waals surface area contributed by atoms with E-state index in [0.717, 1.165) is 29.8 Å². The maximum atomic E-state index is 13.0. The number of hydrogen-bond donors (Lipinski definition) is 1. The number of aliphatic hydroxyl groups excluding tert-OH is 1. The molecule has 6 heteroatoms. The van der Waals surface area contributed by atoms with Gasteiger partial charge < -0.3 is 19.3 Å². The van der Waals surface area contributed by atoms with E-state index in [0.29, 0.717) is 0 Å². The lowest BCUT2D eigenvalue weighted by Crippen LogP contribution is -2.36. The zero-order chi connectivity index (χ0) is 16.4. The molecule has 0 fully saturated rings. The van der Waals surface area contributed by atoms with Gasteiger partial charge in [-0.15, -0.1) is 11.3 Å². The standard InChI is InChI=1S/C17H22N2O3S/c1-18(10-12(20)11-22-2)16(21)15-13-6-5-7-14(13)23-17(15)19-8-3-4-9-19/h3-4,8-9,12,20H,5-7,10-11H2,1-2H3. The van der Waals surface area contributed by atoms with Crippen LogP contribution in [0.1, 0.15) is 27.2 Å². The highest BCUT2D eigenvalue weighted by atomic mass is 32.1. The summed E-state index contributed by atoms with van der Waals surface area (Å²) in [5.41, 5.74) is 1.99. The molecule has 0 saturated carbocycles. The molecule has 0 radical (unpaired) electrons. The number of ether oxygens (including phenoxy) is 1. The molecule has 0 aliphatic heterocycles. The Hall–Kier alpha value is -1.63. The smallest absolute Gasteiger partial charge is 0.257 e. The topological polar surface area (TPSA) is 54.7 Å². The zero-order valence-corrected chi connectivity index (χ0v) is 14.3. The van der Waals surface area contributed by atoms with Crippen LogP contribution in [-0.2, 0) is 17.6 Å². The highest BCUT2D eigenvalue weighted by Gasteiger charge is 2.29. The van der Waals surface area contributed by atoms with E-state index in [2.05, 4.69) is 0 Å². The van der Waals surface area contributed by atoms with E-state index in [9.17, 15) is 9.90 Å². The average molecular weight is 334 g/mol. The molecule has 124 valence electrons. The molecule has 23 heavy (non-hydrogen) atoms. The molecule has 0 spiro atoms. The van der Waals surface area contributed by atoms with Gasteiger partial charge in [-0.3, -0.25) is 4.79 Å². The quantitative estimate of drug-likeness (QED) is 0.880. The molecule has 2 aromatic heterocycles. The molecular formula is C17H22N2O3S. The summed E-state index contributed by atoms with van der Waals surface area (Å²) in [6.07, 6.45) is 6.40. The first kappa shape index (κ1) is 16.2. The monoisotopic (exact) mass is 334 g/mol. The Labute approximate surface area is 140 Å². The Morgan fingerprint density at radius 2 is 2.17 bits per heavy atom. The number of amides is 1. The molecule has 1 aliphatic rings. The fourth-order valence-corrected chi connectivity index (χ4v) is 4.44. The van der Waals surface area contributed by atoms with Gasteiger partial charge in [0, 0.05) is 38.0 Å². The van der Waals surface area contributed by atoms with Gasteiger partial charge in [0.25, 0.3) is 5.91 Å². The summed E-state index contributed by atoms with van der Waals surface area (Å²) in [4.78, 5) is 15.9. The normalized spacial score (nSPS) is 14.7. The number of aryl methyl sites for hydroxylation is 1. The summed E-state index contributed by atoms with van der Waals surface area (Å²) in [7, 11) is 3.28. The van der Waals surface area contributed by atoms with E-state index in [-0.39, 0.29) is 19.1 Å². The van der Waals surface area contributed by atoms with E-state index in [1.165, 1.54) is 10.4 Å². The van der Waals surface area contributed by atoms with Gasteiger partial charge in [0.2, 0.25) is 0 Å². The van der Waals surface area contributed by atoms with Gasteiger partial charge in [-0.25, -0.2) is 0 Å². The first-order chi connectivity index (χ1) is 11.1. The van der Waals surface area contributed by atoms with Gasteiger partial charge in [0.15, 0.2) is 0 Å². The minimum atomic E-state index is -0.671. The maximum absolute atomic E-state index is 13.0. The largest absolute Gasteiger partial charge is 0.389 e. The predicted molar refractivity (Wildman–Crippen MR) is 90.5 cm³/mol. The van der Waals surface area contributed by atoms with Crippen LogP contribution in [0.3, 0.4) is 0 Å². The number of hydrogen-bond acceptors (Lipinski definition) is 4. The highest BCUT2D eigenvalue weighted by Crippen LogP contribution is 2.38. The Kier molecular flexibility index (Phi) is 4.84. The summed E-state index contributed by atoms with van der Waals surface area (Å²) >= 11 is 1.71. The maximum Gasteiger partial charge on any atom is 0.257 e. The SMILES string of the molecule is COCC(O)CN(C)C(=O)c1c(-n2cccc2)sc2c1CCC2. The lowest BCUT2D eigenvalue weighted by Gasteiger charge is -2.21. The molecule has 1 atom stereocenters. The van der Waals surface area contributed by atoms with Crippen LogP contribution in [0.2, 0.25) is 0 Å². The second kappa shape index (κ2) is 6.86. The number of carbonyl (C=O) groups excluding carboxylic acids is 1. The molecule has 1 N–H and O–H groups in total. The third-order valence-electron chi connectivity index (χ3n) is 4.15. The zero-order valence-electron chi connectivity index (χ0n) is 13.5. The number of aliphatic hydroxyl groups is 1. The van der Waals surface area contributed by atoms with Crippen molar-refractivity contribution >= 4 is 17.2 Å². The summed E-state index contributed by atoms with van der Waals surface area (Å²) in [5.74, 6) is -0.0248. The highest BCUT2D eigenvalue weighted by molar-refractivity contribution is 7.15. The van der Waals surface area contributed by atoms with Crippen molar-refractivity contribution in [2.45, 2.75) is 25.4 Å². The first-order valence-electron chi connectivity index (χ1n) is 7.82. The Balaban J connectivity index is 1.90. The van der Waals surface area contributed by atoms with Crippen LogP contribution in [0, 0.1) is 0 Å². The Bertz CT molecular complexity index is 678. The number of nitrogens with zero attached hydrogens (tertiary/aromatic N) is 2. The summed E-state index contributed by atoms with van der Waals surface area (Å²) in [5, 5.41) is 10.9. The number of rotatable bonds is 6. The molecule has 0 aromatic carbocycles. The molecule has 1 amide bonds. The average Bonchev–Trinajstić information content (AvgIpc) is 3.22. The van der Waals surface area contributed by atoms with E-state index in [4.69, 9.17) is 4.74 Å². The summed E-state index contributed by atoms with van der Waals surface area (Å²) < 4.78 is 6.95. The number of aromatic nitrogens is 1. The Morgan fingerprint density at radius 1 is 1.43 bits per heavy atom. The minimum Gasteiger partial charge on any atom is -0.389 e. The fraction of sp³-hybridized carbons (Fsp3) is 0.471. The molecule has 1 unspecified atom stereocenters. The lowest BCUT2D eigenvalue weighted by atomic mass is 10.1. The second-order valence-corrected chi connectivity index (χ2v) is 7.01. The summed E-state index contributed by atoms with van der Waals surface area (Å²) in [6.45, 7) is 0.492. The van der Waals surface area contributed by atoms with Crippen molar-refractivity contribution in [3.05, 3.63) is 40.5 Å². The van der Waals surface area contributed by atoms with Gasteiger partial charge in [-0.2, -0.15) is 0 Å². The van der Waals surface area contributed by atoms with Gasteiger partial charge in [-0.1, -0.05) is 0 Å². The fourth-order valence-electron chi connectivity index (χ4n) is 3.10. The van der Waals surface area contributed by atoms with Crippen molar-refractivity contribution in [1.82, 2.24) is 9.47 Å². The van der Waals surface area contributed by atoms with Crippen LogP contribution in [0.25, 0.3) is 5.00 Å². The van der Waals surface area contributed by atoms with E-state index >= 15 is 0 Å². The van der Waals surface area contributed by atoms with Crippen LogP contribution in [0.4, 0.5) is 0 Å². The van der Waals surface area contributed by atoms with E-state index in [1.54, 1.807) is 30.4 Å². The van der Waals surface area contributed by atoms with Crippen LogP contribution in [-0.4, -0.2) is 53.9 Å². The number of likely N-dealkylation sites (N-methyl/N-ethyl adjacent to an activating group) is 1.